The van der Waals surface area contributed by atoms with Crippen LogP contribution in [0.2, 0.25) is 0 Å². The van der Waals surface area contributed by atoms with Crippen LogP contribution in [0, 0.1) is 0 Å². The van der Waals surface area contributed by atoms with Crippen LogP contribution in [-0.2, 0) is 24.0 Å². The Hall–Kier alpha value is -3.87. The second-order valence-corrected chi connectivity index (χ2v) is 9.57. The van der Waals surface area contributed by atoms with Gasteiger partial charge in [-0.1, -0.05) is 30.3 Å². The lowest BCUT2D eigenvalue weighted by molar-refractivity contribution is -0.153. The topological polar surface area (TPSA) is 156 Å². The number of likely N-dealkylation sites (N-methyl/N-ethyl adjacent to an activating group) is 1. The third-order valence-electron chi connectivity index (χ3n) is 6.26. The summed E-state index contributed by atoms with van der Waals surface area (Å²) in [5, 5.41) is 14.0. The minimum absolute atomic E-state index is 0.0220. The summed E-state index contributed by atoms with van der Waals surface area (Å²) >= 11 is 1.33. The number of thioether (sulfide) groups is 1. The number of hydrogen-bond acceptors (Lipinski definition) is 7. The van der Waals surface area contributed by atoms with Crippen LogP contribution in [0.3, 0.4) is 0 Å². The third-order valence-corrected chi connectivity index (χ3v) is 7.68. The van der Waals surface area contributed by atoms with Crippen LogP contribution in [0.5, 0.6) is 0 Å². The third kappa shape index (κ3) is 4.41. The molecule has 6 amide bonds. The van der Waals surface area contributed by atoms with Gasteiger partial charge in [-0.05, 0) is 25.0 Å². The van der Waals surface area contributed by atoms with Gasteiger partial charge in [0.05, 0.1) is 0 Å². The number of carboxylic acids is 1. The number of nitrogens with one attached hydrogen (secondary N) is 2. The van der Waals surface area contributed by atoms with Crippen LogP contribution in [-0.4, -0.2) is 92.2 Å². The maximum atomic E-state index is 13.3. The van der Waals surface area contributed by atoms with Crippen LogP contribution < -0.4 is 10.6 Å². The summed E-state index contributed by atoms with van der Waals surface area (Å²) < 4.78 is 0. The molecule has 0 radical (unpaired) electrons. The van der Waals surface area contributed by atoms with Crippen LogP contribution in [0.4, 0.5) is 4.79 Å². The Morgan fingerprint density at radius 3 is 2.44 bits per heavy atom. The van der Waals surface area contributed by atoms with Crippen molar-refractivity contribution in [3.63, 3.8) is 0 Å². The molecule has 2 fully saturated rings. The number of nitrogens with zero attached hydrogens (tertiary/aromatic N) is 3. The van der Waals surface area contributed by atoms with Gasteiger partial charge >= 0.3 is 23.8 Å². The minimum Gasteiger partial charge on any atom is -0.477 e. The van der Waals surface area contributed by atoms with Crippen molar-refractivity contribution in [3.05, 3.63) is 47.2 Å². The van der Waals surface area contributed by atoms with Gasteiger partial charge in [-0.15, -0.1) is 11.8 Å². The zero-order chi connectivity index (χ0) is 26.1. The molecule has 3 aliphatic rings. The van der Waals surface area contributed by atoms with Gasteiger partial charge in [0, 0.05) is 25.4 Å². The molecule has 3 atom stereocenters. The highest BCUT2D eigenvalue weighted by Gasteiger charge is 2.54. The summed E-state index contributed by atoms with van der Waals surface area (Å²) in [6.07, 6.45) is 0. The van der Waals surface area contributed by atoms with Gasteiger partial charge in [0.15, 0.2) is 0 Å². The first kappa shape index (κ1) is 25.2. The Morgan fingerprint density at radius 1 is 1.11 bits per heavy atom. The number of rotatable bonds is 6. The van der Waals surface area contributed by atoms with E-state index in [1.165, 1.54) is 16.7 Å². The number of benzene rings is 1. The van der Waals surface area contributed by atoms with Gasteiger partial charge in [-0.25, -0.2) is 9.59 Å². The zero-order valence-electron chi connectivity index (χ0n) is 19.6. The fraction of sp³-hybridized carbons (Fsp3) is 0.391. The molecular weight excluding hydrogens is 490 g/mol. The largest absolute Gasteiger partial charge is 0.477 e. The van der Waals surface area contributed by atoms with Gasteiger partial charge < -0.3 is 20.6 Å². The smallest absolute Gasteiger partial charge is 0.352 e. The molecule has 2 unspecified atom stereocenters. The molecule has 2 saturated heterocycles. The Kier molecular flexibility index (Phi) is 7.02. The Morgan fingerprint density at radius 2 is 1.81 bits per heavy atom. The van der Waals surface area contributed by atoms with Crippen molar-refractivity contribution in [2.24, 2.45) is 0 Å². The molecule has 0 spiro atoms. The van der Waals surface area contributed by atoms with E-state index in [2.05, 4.69) is 10.6 Å². The average molecular weight is 516 g/mol. The van der Waals surface area contributed by atoms with E-state index in [0.717, 1.165) is 9.80 Å². The maximum absolute atomic E-state index is 13.3. The minimum atomic E-state index is -1.27. The quantitative estimate of drug-likeness (QED) is 0.350. The molecular formula is C23H25N5O7S. The highest BCUT2D eigenvalue weighted by molar-refractivity contribution is 8.00. The first-order chi connectivity index (χ1) is 17.1. The van der Waals surface area contributed by atoms with Crippen LogP contribution >= 0.6 is 11.8 Å². The molecule has 36 heavy (non-hydrogen) atoms. The Bertz CT molecular complexity index is 1170. The van der Waals surface area contributed by atoms with E-state index in [1.807, 2.05) is 0 Å². The lowest BCUT2D eigenvalue weighted by Crippen LogP contribution is -2.71. The number of β-lactam (4-membered cyclic amide) rings is 1. The van der Waals surface area contributed by atoms with Gasteiger partial charge in [0.2, 0.25) is 5.91 Å². The highest BCUT2D eigenvalue weighted by Crippen LogP contribution is 2.40. The monoisotopic (exact) mass is 515 g/mol. The normalized spacial score (nSPS) is 22.6. The predicted molar refractivity (Wildman–Crippen MR) is 127 cm³/mol. The molecule has 0 saturated carbocycles. The molecule has 1 aromatic rings. The summed E-state index contributed by atoms with van der Waals surface area (Å²) in [6, 6.07) is 5.10. The number of amides is 6. The standard InChI is InChI=1S/C23H25N5O7S/c1-3-26-9-10-27(20(32)19(26)31)23(35)25-14(13-7-5-4-6-8-13)17(29)24-15-18(30)28-16(22(33)34)12(2)11-36-21(15)28/h4-8,14-15,21H,3,9-11H2,1-2H3,(H,24,29)(H,25,35)(H,33,34)/t14?,15?,21-/m1/s1. The van der Waals surface area contributed by atoms with Gasteiger partial charge in [-0.2, -0.15) is 0 Å². The summed E-state index contributed by atoms with van der Waals surface area (Å²) in [5.74, 6) is -3.88. The number of urea groups is 1. The van der Waals surface area contributed by atoms with Crippen molar-refractivity contribution < 1.29 is 33.9 Å². The summed E-state index contributed by atoms with van der Waals surface area (Å²) in [5.41, 5.74) is 0.867. The molecule has 4 rings (SSSR count). The molecule has 0 aromatic heterocycles. The first-order valence-electron chi connectivity index (χ1n) is 11.3. The molecule has 0 bridgehead atoms. The zero-order valence-corrected chi connectivity index (χ0v) is 20.4. The van der Waals surface area contributed by atoms with E-state index in [9.17, 15) is 33.9 Å². The van der Waals surface area contributed by atoms with Crippen molar-refractivity contribution in [1.29, 1.82) is 0 Å². The highest BCUT2D eigenvalue weighted by atomic mass is 32.2. The fourth-order valence-corrected chi connectivity index (χ4v) is 5.62. The number of hydrogen-bond donors (Lipinski definition) is 3. The number of carbonyl (C=O) groups is 6. The lowest BCUT2D eigenvalue weighted by atomic mass is 10.0. The van der Waals surface area contributed by atoms with Crippen molar-refractivity contribution in [3.8, 4) is 0 Å². The van der Waals surface area contributed by atoms with E-state index in [1.54, 1.807) is 44.2 Å². The second-order valence-electron chi connectivity index (χ2n) is 8.46. The number of carbonyl (C=O) groups excluding carboxylic acids is 5. The average Bonchev–Trinajstić information content (AvgIpc) is 2.87. The molecule has 190 valence electrons. The summed E-state index contributed by atoms with van der Waals surface area (Å²) in [4.78, 5) is 78.5. The van der Waals surface area contributed by atoms with E-state index in [0.29, 0.717) is 23.4 Å². The molecule has 3 heterocycles. The van der Waals surface area contributed by atoms with Crippen molar-refractivity contribution >= 4 is 47.4 Å². The number of aliphatic carboxylic acids is 1. The first-order valence-corrected chi connectivity index (χ1v) is 12.3. The molecule has 1 aromatic carbocycles. The molecule has 3 N–H and O–H groups in total. The number of imide groups is 1. The van der Waals surface area contributed by atoms with Crippen LogP contribution in [0.1, 0.15) is 25.5 Å². The SMILES string of the molecule is CCN1CCN(C(=O)NC(C(=O)NC2C(=O)N3C(C(=O)O)=C(C)CS[C@H]23)c2ccccc2)C(=O)C1=O. The van der Waals surface area contributed by atoms with Crippen LogP contribution in [0.15, 0.2) is 41.6 Å². The van der Waals surface area contributed by atoms with Gasteiger partial charge in [0.25, 0.3) is 5.91 Å². The summed E-state index contributed by atoms with van der Waals surface area (Å²) in [6.45, 7) is 3.85. The fourth-order valence-electron chi connectivity index (χ4n) is 4.33. The van der Waals surface area contributed by atoms with Gasteiger partial charge in [-0.3, -0.25) is 29.0 Å². The molecule has 3 aliphatic heterocycles. The van der Waals surface area contributed by atoms with Gasteiger partial charge in [0.1, 0.15) is 23.2 Å². The van der Waals surface area contributed by atoms with Crippen molar-refractivity contribution in [1.82, 2.24) is 25.3 Å². The molecule has 0 aliphatic carbocycles. The van der Waals surface area contributed by atoms with E-state index in [-0.39, 0.29) is 18.8 Å². The second kappa shape index (κ2) is 10.0. The van der Waals surface area contributed by atoms with Crippen molar-refractivity contribution in [2.75, 3.05) is 25.4 Å². The molecule has 12 nitrogen and oxygen atoms in total. The Labute approximate surface area is 210 Å². The summed E-state index contributed by atoms with van der Waals surface area (Å²) in [7, 11) is 0. The van der Waals surface area contributed by atoms with E-state index < -0.39 is 53.1 Å². The maximum Gasteiger partial charge on any atom is 0.352 e. The van der Waals surface area contributed by atoms with Crippen molar-refractivity contribution in [2.45, 2.75) is 31.3 Å². The van der Waals surface area contributed by atoms with Crippen LogP contribution in [0.25, 0.3) is 0 Å². The number of piperazine rings is 1. The van der Waals surface area contributed by atoms with E-state index in [4.69, 9.17) is 0 Å². The Balaban J connectivity index is 1.51. The lowest BCUT2D eigenvalue weighted by Gasteiger charge is -2.49. The number of fused-ring (bicyclic) bond motifs is 1. The molecule has 13 heteroatoms. The predicted octanol–water partition coefficient (Wildman–Crippen LogP) is -0.113. The number of carboxylic acid groups (broad SMARTS) is 1. The van der Waals surface area contributed by atoms with E-state index >= 15 is 0 Å².